The minimum atomic E-state index is -0.465. The van der Waals surface area contributed by atoms with E-state index in [-0.39, 0.29) is 24.4 Å². The minimum absolute atomic E-state index is 0. The van der Waals surface area contributed by atoms with Crippen molar-refractivity contribution in [1.82, 2.24) is 0 Å². The maximum Gasteiger partial charge on any atom is 0.255 e. The molecule has 2 rings (SSSR count). The van der Waals surface area contributed by atoms with Gasteiger partial charge in [0.1, 0.15) is 6.10 Å². The Morgan fingerprint density at radius 2 is 1.79 bits per heavy atom. The molecule has 8 heteroatoms. The Hall–Kier alpha value is -1.70. The number of rotatable bonds is 6. The zero-order chi connectivity index (χ0) is 17.0. The number of hydrogen-bond donors (Lipinski definition) is 1. The molecule has 0 unspecified atom stereocenters. The first-order chi connectivity index (χ1) is 11.0. The molecule has 0 spiro atoms. The van der Waals surface area contributed by atoms with Crippen LogP contribution in [0.15, 0.2) is 12.1 Å². The predicted molar refractivity (Wildman–Crippen MR) is 93.7 cm³/mol. The normalized spacial score (nSPS) is 19.4. The van der Waals surface area contributed by atoms with Crippen molar-refractivity contribution in [3.8, 4) is 17.2 Å². The zero-order valence-corrected chi connectivity index (χ0v) is 15.2. The van der Waals surface area contributed by atoms with Gasteiger partial charge in [-0.25, -0.2) is 0 Å². The molecule has 2 atom stereocenters. The second kappa shape index (κ2) is 8.96. The van der Waals surface area contributed by atoms with E-state index < -0.39 is 6.10 Å². The molecule has 0 bridgehead atoms. The molecule has 1 heterocycles. The van der Waals surface area contributed by atoms with Gasteiger partial charge in [0.2, 0.25) is 5.75 Å². The quantitative estimate of drug-likeness (QED) is 0.829. The van der Waals surface area contributed by atoms with Crippen molar-refractivity contribution in [2.75, 3.05) is 39.8 Å². The second-order valence-electron chi connectivity index (χ2n) is 5.34. The van der Waals surface area contributed by atoms with Crippen LogP contribution < -0.4 is 24.8 Å². The highest BCUT2D eigenvalue weighted by atomic mass is 35.5. The molecule has 1 amide bonds. The van der Waals surface area contributed by atoms with E-state index in [1.807, 2.05) is 0 Å². The Morgan fingerprint density at radius 3 is 2.21 bits per heavy atom. The van der Waals surface area contributed by atoms with E-state index in [4.69, 9.17) is 24.7 Å². The van der Waals surface area contributed by atoms with E-state index in [2.05, 4.69) is 0 Å². The average molecular weight is 361 g/mol. The van der Waals surface area contributed by atoms with Crippen molar-refractivity contribution in [3.63, 3.8) is 0 Å². The van der Waals surface area contributed by atoms with Gasteiger partial charge in [0, 0.05) is 25.7 Å². The lowest BCUT2D eigenvalue weighted by Crippen LogP contribution is -2.37. The Kier molecular flexibility index (Phi) is 7.59. The SMILES string of the molecule is COc1cc(N(C)C(=O)[C@@H]2CC[C@H](CN)O2)cc(OC)c1OC.Cl. The Labute approximate surface area is 148 Å². The first kappa shape index (κ1) is 20.3. The summed E-state index contributed by atoms with van der Waals surface area (Å²) in [5.41, 5.74) is 6.24. The van der Waals surface area contributed by atoms with Crippen LogP contribution >= 0.6 is 12.4 Å². The van der Waals surface area contributed by atoms with Gasteiger partial charge in [-0.2, -0.15) is 0 Å². The lowest BCUT2D eigenvalue weighted by molar-refractivity contribution is -0.128. The van der Waals surface area contributed by atoms with Gasteiger partial charge in [-0.05, 0) is 12.8 Å². The molecule has 1 aromatic carbocycles. The Bertz CT molecular complexity index is 544. The Morgan fingerprint density at radius 1 is 1.21 bits per heavy atom. The lowest BCUT2D eigenvalue weighted by Gasteiger charge is -2.23. The first-order valence-corrected chi connectivity index (χ1v) is 7.48. The van der Waals surface area contributed by atoms with Gasteiger partial charge >= 0.3 is 0 Å². The summed E-state index contributed by atoms with van der Waals surface area (Å²) >= 11 is 0. The standard InChI is InChI=1S/C16H24N2O5.ClH/c1-18(16(19)12-6-5-11(9-17)23-12)10-7-13(20-2)15(22-4)14(8-10)21-3;/h7-8,11-12H,5-6,9,17H2,1-4H3;1H/t11-,12+;/m1./s1. The third kappa shape index (κ3) is 4.03. The molecule has 0 radical (unpaired) electrons. The first-order valence-electron chi connectivity index (χ1n) is 7.48. The summed E-state index contributed by atoms with van der Waals surface area (Å²) in [7, 11) is 6.31. The fraction of sp³-hybridized carbons (Fsp3) is 0.562. The number of halogens is 1. The molecular weight excluding hydrogens is 336 g/mol. The fourth-order valence-corrected chi connectivity index (χ4v) is 2.66. The molecule has 7 nitrogen and oxygen atoms in total. The van der Waals surface area contributed by atoms with Gasteiger partial charge in [-0.3, -0.25) is 4.79 Å². The summed E-state index contributed by atoms with van der Waals surface area (Å²) in [6.45, 7) is 0.428. The van der Waals surface area contributed by atoms with Gasteiger partial charge in [0.15, 0.2) is 11.5 Å². The highest BCUT2D eigenvalue weighted by Gasteiger charge is 2.32. The van der Waals surface area contributed by atoms with E-state index in [0.717, 1.165) is 6.42 Å². The van der Waals surface area contributed by atoms with Crippen molar-refractivity contribution in [1.29, 1.82) is 0 Å². The molecule has 0 aliphatic carbocycles. The molecule has 136 valence electrons. The van der Waals surface area contributed by atoms with Gasteiger partial charge in [0.05, 0.1) is 33.1 Å². The van der Waals surface area contributed by atoms with E-state index >= 15 is 0 Å². The molecule has 2 N–H and O–H groups in total. The number of likely N-dealkylation sites (N-methyl/N-ethyl adjacent to an activating group) is 1. The molecule has 1 saturated heterocycles. The molecule has 1 aliphatic rings. The summed E-state index contributed by atoms with van der Waals surface area (Å²) in [6, 6.07) is 3.46. The summed E-state index contributed by atoms with van der Waals surface area (Å²) in [4.78, 5) is 14.1. The topological polar surface area (TPSA) is 83.3 Å². The summed E-state index contributed by atoms with van der Waals surface area (Å²) in [5.74, 6) is 1.36. The lowest BCUT2D eigenvalue weighted by atomic mass is 10.1. The van der Waals surface area contributed by atoms with Crippen LogP contribution in [0.25, 0.3) is 0 Å². The number of nitrogens with zero attached hydrogens (tertiary/aromatic N) is 1. The monoisotopic (exact) mass is 360 g/mol. The van der Waals surface area contributed by atoms with Crippen molar-refractivity contribution in [3.05, 3.63) is 12.1 Å². The number of anilines is 1. The highest BCUT2D eigenvalue weighted by molar-refractivity contribution is 5.96. The second-order valence-corrected chi connectivity index (χ2v) is 5.34. The number of ether oxygens (including phenoxy) is 4. The number of benzene rings is 1. The number of amides is 1. The third-order valence-electron chi connectivity index (χ3n) is 4.01. The molecule has 0 aromatic heterocycles. The molecular formula is C16H25ClN2O5. The number of carbonyl (C=O) groups excluding carboxylic acids is 1. The van der Waals surface area contributed by atoms with Crippen LogP contribution in [0.4, 0.5) is 5.69 Å². The summed E-state index contributed by atoms with van der Waals surface area (Å²) in [6.07, 6.45) is 0.968. The van der Waals surface area contributed by atoms with Crippen LogP contribution in [0.2, 0.25) is 0 Å². The van der Waals surface area contributed by atoms with E-state index in [0.29, 0.717) is 35.9 Å². The number of hydrogen-bond acceptors (Lipinski definition) is 6. The van der Waals surface area contributed by atoms with E-state index in [1.165, 1.54) is 26.2 Å². The molecule has 1 fully saturated rings. The van der Waals surface area contributed by atoms with Crippen LogP contribution in [0.1, 0.15) is 12.8 Å². The van der Waals surface area contributed by atoms with Crippen LogP contribution in [-0.2, 0) is 9.53 Å². The smallest absolute Gasteiger partial charge is 0.255 e. The maximum atomic E-state index is 12.6. The molecule has 24 heavy (non-hydrogen) atoms. The number of carbonyl (C=O) groups is 1. The number of methoxy groups -OCH3 is 3. The molecule has 0 saturated carbocycles. The number of nitrogens with two attached hydrogens (primary N) is 1. The zero-order valence-electron chi connectivity index (χ0n) is 14.4. The van der Waals surface area contributed by atoms with Crippen molar-refractivity contribution in [2.45, 2.75) is 25.0 Å². The maximum absolute atomic E-state index is 12.6. The predicted octanol–water partition coefficient (Wildman–Crippen LogP) is 1.60. The van der Waals surface area contributed by atoms with Gasteiger partial charge in [-0.15, -0.1) is 12.4 Å². The van der Waals surface area contributed by atoms with Gasteiger partial charge in [-0.1, -0.05) is 0 Å². The largest absolute Gasteiger partial charge is 0.493 e. The van der Waals surface area contributed by atoms with Crippen molar-refractivity contribution in [2.24, 2.45) is 5.73 Å². The molecule has 1 aliphatic heterocycles. The molecule has 1 aromatic rings. The Balaban J connectivity index is 0.00000288. The summed E-state index contributed by atoms with van der Waals surface area (Å²) < 4.78 is 21.6. The van der Waals surface area contributed by atoms with Gasteiger partial charge in [0.25, 0.3) is 5.91 Å². The average Bonchev–Trinajstić information content (AvgIpc) is 3.08. The third-order valence-corrected chi connectivity index (χ3v) is 4.01. The van der Waals surface area contributed by atoms with Crippen LogP contribution in [0, 0.1) is 0 Å². The van der Waals surface area contributed by atoms with Crippen molar-refractivity contribution >= 4 is 24.0 Å². The van der Waals surface area contributed by atoms with Crippen LogP contribution in [0.5, 0.6) is 17.2 Å². The van der Waals surface area contributed by atoms with Gasteiger partial charge < -0.3 is 29.6 Å². The van der Waals surface area contributed by atoms with E-state index in [1.54, 1.807) is 19.2 Å². The van der Waals surface area contributed by atoms with Crippen LogP contribution in [0.3, 0.4) is 0 Å². The minimum Gasteiger partial charge on any atom is -0.493 e. The van der Waals surface area contributed by atoms with Crippen molar-refractivity contribution < 1.29 is 23.7 Å². The van der Waals surface area contributed by atoms with E-state index in [9.17, 15) is 4.79 Å². The highest BCUT2D eigenvalue weighted by Crippen LogP contribution is 2.41. The van der Waals surface area contributed by atoms with Crippen LogP contribution in [-0.4, -0.2) is 53.0 Å². The fourth-order valence-electron chi connectivity index (χ4n) is 2.66. The summed E-state index contributed by atoms with van der Waals surface area (Å²) in [5, 5.41) is 0.